The van der Waals surface area contributed by atoms with Gasteiger partial charge in [0.25, 0.3) is 5.91 Å². The number of ether oxygens (including phenoxy) is 1. The molecule has 0 saturated carbocycles. The molecule has 0 aliphatic rings. The lowest BCUT2D eigenvalue weighted by Crippen LogP contribution is -2.24. The highest BCUT2D eigenvalue weighted by Crippen LogP contribution is 2.33. The molecule has 0 aliphatic heterocycles. The van der Waals surface area contributed by atoms with E-state index in [-0.39, 0.29) is 10.5 Å². The van der Waals surface area contributed by atoms with Crippen molar-refractivity contribution in [2.75, 3.05) is 26.0 Å². The topological polar surface area (TPSA) is 117 Å². The van der Waals surface area contributed by atoms with E-state index in [4.69, 9.17) is 4.74 Å². The number of amides is 1. The molecule has 8 nitrogen and oxygen atoms in total. The van der Waals surface area contributed by atoms with Gasteiger partial charge in [0.05, 0.1) is 16.0 Å². The summed E-state index contributed by atoms with van der Waals surface area (Å²) < 4.78 is 31.1. The molecule has 180 valence electrons. The van der Waals surface area contributed by atoms with Crippen LogP contribution < -0.4 is 5.32 Å². The summed E-state index contributed by atoms with van der Waals surface area (Å²) >= 11 is 1.25. The summed E-state index contributed by atoms with van der Waals surface area (Å²) in [6, 6.07) is 20.3. The fourth-order valence-electron chi connectivity index (χ4n) is 2.99. The number of carbonyl (C=O) groups excluding carboxylic acids is 2. The van der Waals surface area contributed by atoms with Gasteiger partial charge in [-0.25, -0.2) is 17.5 Å². The minimum absolute atomic E-state index is 0.0315. The van der Waals surface area contributed by atoms with Gasteiger partial charge in [0, 0.05) is 29.6 Å². The Morgan fingerprint density at radius 1 is 1.03 bits per heavy atom. The Morgan fingerprint density at radius 3 is 2.37 bits per heavy atom. The zero-order chi connectivity index (χ0) is 25.6. The van der Waals surface area contributed by atoms with Crippen LogP contribution in [0.2, 0.25) is 0 Å². The van der Waals surface area contributed by atoms with E-state index in [0.717, 1.165) is 4.31 Å². The van der Waals surface area contributed by atoms with Gasteiger partial charge in [0.2, 0.25) is 10.0 Å². The van der Waals surface area contributed by atoms with Gasteiger partial charge >= 0.3 is 5.97 Å². The molecule has 0 atom stereocenters. The molecule has 0 fully saturated rings. The summed E-state index contributed by atoms with van der Waals surface area (Å²) in [5.41, 5.74) is 1.69. The first-order valence-corrected chi connectivity index (χ1v) is 12.7. The molecule has 3 aromatic rings. The number of hydrogen-bond donors (Lipinski definition) is 1. The second-order valence-electron chi connectivity index (χ2n) is 7.59. The lowest BCUT2D eigenvalue weighted by molar-refractivity contribution is -0.119. The molecular formula is C25H23N3O5S2. The summed E-state index contributed by atoms with van der Waals surface area (Å²) in [4.78, 5) is 26.5. The Bertz CT molecular complexity index is 1410. The number of hydrogen-bond acceptors (Lipinski definition) is 7. The van der Waals surface area contributed by atoms with Gasteiger partial charge in [-0.05, 0) is 48.9 Å². The Morgan fingerprint density at radius 2 is 1.69 bits per heavy atom. The molecule has 35 heavy (non-hydrogen) atoms. The fraction of sp³-hybridized carbons (Fsp3) is 0.160. The number of nitrogens with one attached hydrogen (secondary N) is 1. The van der Waals surface area contributed by atoms with Crippen molar-refractivity contribution >= 4 is 39.3 Å². The molecule has 3 rings (SSSR count). The second-order valence-corrected chi connectivity index (χ2v) is 10.8. The molecule has 1 N–H and O–H groups in total. The van der Waals surface area contributed by atoms with E-state index >= 15 is 0 Å². The number of benzene rings is 3. The molecule has 0 unspecified atom stereocenters. The molecule has 10 heteroatoms. The highest BCUT2D eigenvalue weighted by Gasteiger charge is 2.20. The third-order valence-electron chi connectivity index (χ3n) is 4.93. The number of nitrogens with zero attached hydrogens (tertiary/aromatic N) is 2. The zero-order valence-electron chi connectivity index (χ0n) is 19.3. The number of esters is 1. The van der Waals surface area contributed by atoms with Crippen LogP contribution in [0.1, 0.15) is 21.5 Å². The second kappa shape index (κ2) is 11.2. The lowest BCUT2D eigenvalue weighted by atomic mass is 10.2. The van der Waals surface area contributed by atoms with Crippen LogP contribution in [-0.2, 0) is 19.6 Å². The highest BCUT2D eigenvalue weighted by atomic mass is 32.2. The summed E-state index contributed by atoms with van der Waals surface area (Å²) in [5, 5.41) is 11.9. The molecule has 0 saturated heterocycles. The number of nitriles is 1. The predicted molar refractivity (Wildman–Crippen MR) is 133 cm³/mol. The maximum absolute atomic E-state index is 12.7. The van der Waals surface area contributed by atoms with Crippen molar-refractivity contribution in [2.45, 2.75) is 21.6 Å². The minimum Gasteiger partial charge on any atom is -0.452 e. The van der Waals surface area contributed by atoms with Crippen molar-refractivity contribution in [3.63, 3.8) is 0 Å². The van der Waals surface area contributed by atoms with Crippen molar-refractivity contribution in [2.24, 2.45) is 0 Å². The van der Waals surface area contributed by atoms with Gasteiger partial charge in [0.1, 0.15) is 6.07 Å². The molecule has 0 aromatic heterocycles. The molecular weight excluding hydrogens is 486 g/mol. The first-order valence-electron chi connectivity index (χ1n) is 10.4. The summed E-state index contributed by atoms with van der Waals surface area (Å²) in [6.45, 7) is 1.16. The molecule has 0 aliphatic carbocycles. The van der Waals surface area contributed by atoms with E-state index in [1.807, 2.05) is 0 Å². The van der Waals surface area contributed by atoms with Crippen LogP contribution in [0.3, 0.4) is 0 Å². The van der Waals surface area contributed by atoms with Gasteiger partial charge < -0.3 is 10.1 Å². The van der Waals surface area contributed by atoms with E-state index in [0.29, 0.717) is 26.6 Å². The van der Waals surface area contributed by atoms with E-state index in [1.54, 1.807) is 61.5 Å². The summed E-state index contributed by atoms with van der Waals surface area (Å²) in [6.07, 6.45) is 0. The van der Waals surface area contributed by atoms with Gasteiger partial charge in [-0.15, -0.1) is 0 Å². The van der Waals surface area contributed by atoms with Crippen molar-refractivity contribution in [3.8, 4) is 6.07 Å². The SMILES string of the molecule is Cc1ccc(S(=O)(=O)N(C)C)cc1NC(=O)COC(=O)c1ccccc1Sc1ccccc1C#N. The number of carbonyl (C=O) groups is 2. The minimum atomic E-state index is -3.68. The fourth-order valence-corrected chi connectivity index (χ4v) is 4.94. The van der Waals surface area contributed by atoms with Gasteiger partial charge in [-0.2, -0.15) is 5.26 Å². The van der Waals surface area contributed by atoms with E-state index in [2.05, 4.69) is 11.4 Å². The normalized spacial score (nSPS) is 11.1. The van der Waals surface area contributed by atoms with Crippen LogP contribution in [0, 0.1) is 18.3 Å². The van der Waals surface area contributed by atoms with Crippen molar-refractivity contribution < 1.29 is 22.7 Å². The quantitative estimate of drug-likeness (QED) is 0.455. The third kappa shape index (κ3) is 6.27. The Kier molecular flexibility index (Phi) is 8.30. The van der Waals surface area contributed by atoms with E-state index in [9.17, 15) is 23.3 Å². The van der Waals surface area contributed by atoms with Crippen molar-refractivity contribution in [1.82, 2.24) is 4.31 Å². The van der Waals surface area contributed by atoms with Crippen molar-refractivity contribution in [3.05, 3.63) is 83.4 Å². The van der Waals surface area contributed by atoms with Gasteiger partial charge in [-0.3, -0.25) is 4.79 Å². The smallest absolute Gasteiger partial charge is 0.339 e. The highest BCUT2D eigenvalue weighted by molar-refractivity contribution is 7.99. The number of anilines is 1. The maximum atomic E-state index is 12.7. The van der Waals surface area contributed by atoms with Crippen LogP contribution in [0.5, 0.6) is 0 Å². The van der Waals surface area contributed by atoms with E-state index < -0.39 is 28.5 Å². The average molecular weight is 510 g/mol. The molecule has 3 aromatic carbocycles. The van der Waals surface area contributed by atoms with E-state index in [1.165, 1.54) is 38.0 Å². The molecule has 0 heterocycles. The number of sulfonamides is 1. The van der Waals surface area contributed by atoms with Gasteiger partial charge in [-0.1, -0.05) is 42.1 Å². The van der Waals surface area contributed by atoms with Crippen LogP contribution >= 0.6 is 11.8 Å². The van der Waals surface area contributed by atoms with Crippen LogP contribution in [0.15, 0.2) is 81.4 Å². The Balaban J connectivity index is 1.70. The molecule has 0 bridgehead atoms. The Labute approximate surface area is 208 Å². The maximum Gasteiger partial charge on any atom is 0.339 e. The van der Waals surface area contributed by atoms with Crippen LogP contribution in [-0.4, -0.2) is 45.3 Å². The zero-order valence-corrected chi connectivity index (χ0v) is 20.9. The largest absolute Gasteiger partial charge is 0.452 e. The van der Waals surface area contributed by atoms with Crippen molar-refractivity contribution in [1.29, 1.82) is 5.26 Å². The monoisotopic (exact) mass is 509 g/mol. The van der Waals surface area contributed by atoms with Gasteiger partial charge in [0.15, 0.2) is 6.61 Å². The lowest BCUT2D eigenvalue weighted by Gasteiger charge is -2.14. The standard InChI is InChI=1S/C25H23N3O5S2/c1-17-12-13-19(35(31,32)28(2)3)14-21(17)27-24(29)16-33-25(30)20-9-5-7-11-23(20)34-22-10-6-4-8-18(22)15-26/h4-14H,16H2,1-3H3,(H,27,29). The number of rotatable bonds is 8. The summed E-state index contributed by atoms with van der Waals surface area (Å²) in [7, 11) is -0.838. The molecule has 0 radical (unpaired) electrons. The average Bonchev–Trinajstić information content (AvgIpc) is 2.84. The third-order valence-corrected chi connectivity index (χ3v) is 7.89. The Hall–Kier alpha value is -3.65. The molecule has 0 spiro atoms. The molecule has 1 amide bonds. The summed E-state index contributed by atoms with van der Waals surface area (Å²) in [5.74, 6) is -1.31. The number of aryl methyl sites for hydroxylation is 1. The predicted octanol–water partition coefficient (Wildman–Crippen LogP) is 4.06. The van der Waals surface area contributed by atoms with Crippen LogP contribution in [0.4, 0.5) is 5.69 Å². The first kappa shape index (κ1) is 26.0. The first-order chi connectivity index (χ1) is 16.6. The van der Waals surface area contributed by atoms with Crippen LogP contribution in [0.25, 0.3) is 0 Å².